The molecule has 0 aliphatic rings. The third-order valence-corrected chi connectivity index (χ3v) is 2.86. The molecule has 1 heterocycles. The van der Waals surface area contributed by atoms with Gasteiger partial charge in [-0.25, -0.2) is 0 Å². The highest BCUT2D eigenvalue weighted by molar-refractivity contribution is 5.77. The molecule has 0 amide bonds. The molecule has 0 fully saturated rings. The number of carbonyl (C=O) groups excluding carboxylic acids is 1. The molecule has 0 saturated heterocycles. The summed E-state index contributed by atoms with van der Waals surface area (Å²) < 4.78 is 9.92. The van der Waals surface area contributed by atoms with Crippen molar-refractivity contribution in [2.75, 3.05) is 6.61 Å². The van der Waals surface area contributed by atoms with Crippen LogP contribution in [0.5, 0.6) is 0 Å². The number of furan rings is 1. The van der Waals surface area contributed by atoms with Gasteiger partial charge in [0.25, 0.3) is 0 Å². The van der Waals surface area contributed by atoms with E-state index < -0.39 is 18.2 Å². The maximum absolute atomic E-state index is 11.3. The Morgan fingerprint density at radius 3 is 2.89 bits per heavy atom. The van der Waals surface area contributed by atoms with E-state index in [0.717, 1.165) is 5.39 Å². The average molecular weight is 264 g/mol. The molecule has 2 aromatic rings. The van der Waals surface area contributed by atoms with Crippen LogP contribution in [-0.2, 0) is 9.53 Å². The van der Waals surface area contributed by atoms with Gasteiger partial charge >= 0.3 is 5.97 Å². The van der Waals surface area contributed by atoms with Crippen molar-refractivity contribution in [2.24, 2.45) is 0 Å². The summed E-state index contributed by atoms with van der Waals surface area (Å²) in [6.07, 6.45) is -1.01. The number of carbonyl (C=O) groups is 1. The Balaban J connectivity index is 2.09. The number of rotatable bonds is 5. The van der Waals surface area contributed by atoms with E-state index in [1.54, 1.807) is 37.5 Å². The zero-order valence-electron chi connectivity index (χ0n) is 10.6. The van der Waals surface area contributed by atoms with Crippen molar-refractivity contribution < 1.29 is 24.2 Å². The van der Waals surface area contributed by atoms with E-state index >= 15 is 0 Å². The van der Waals surface area contributed by atoms with Crippen LogP contribution >= 0.6 is 0 Å². The molecule has 1 aromatic heterocycles. The second kappa shape index (κ2) is 5.86. The number of hydrogen-bond acceptors (Lipinski definition) is 5. The molecule has 102 valence electrons. The number of ether oxygens (including phenoxy) is 1. The Labute approximate surface area is 110 Å². The van der Waals surface area contributed by atoms with Gasteiger partial charge in [0.15, 0.2) is 0 Å². The van der Waals surface area contributed by atoms with Gasteiger partial charge in [-0.1, -0.05) is 6.07 Å². The van der Waals surface area contributed by atoms with Crippen LogP contribution < -0.4 is 0 Å². The predicted molar refractivity (Wildman–Crippen MR) is 68.4 cm³/mol. The molecule has 2 unspecified atom stereocenters. The zero-order valence-corrected chi connectivity index (χ0v) is 10.6. The Morgan fingerprint density at radius 2 is 2.16 bits per heavy atom. The SMILES string of the molecule is CCOC(=O)CC(O)C(O)c1ccc2occc2c1. The Morgan fingerprint density at radius 1 is 1.37 bits per heavy atom. The summed E-state index contributed by atoms with van der Waals surface area (Å²) in [5.41, 5.74) is 1.24. The second-order valence-corrected chi connectivity index (χ2v) is 4.24. The van der Waals surface area contributed by atoms with Crippen LogP contribution in [0.2, 0.25) is 0 Å². The molecule has 5 heteroatoms. The van der Waals surface area contributed by atoms with Gasteiger partial charge < -0.3 is 19.4 Å². The molecular weight excluding hydrogens is 248 g/mol. The van der Waals surface area contributed by atoms with Gasteiger partial charge in [0, 0.05) is 5.39 Å². The van der Waals surface area contributed by atoms with Gasteiger partial charge in [0.05, 0.1) is 25.4 Å². The summed E-state index contributed by atoms with van der Waals surface area (Å²) in [7, 11) is 0. The lowest BCUT2D eigenvalue weighted by molar-refractivity contribution is -0.147. The summed E-state index contributed by atoms with van der Waals surface area (Å²) in [6.45, 7) is 1.94. The highest BCUT2D eigenvalue weighted by Gasteiger charge is 2.22. The van der Waals surface area contributed by atoms with Gasteiger partial charge in [0.1, 0.15) is 11.7 Å². The van der Waals surface area contributed by atoms with E-state index in [0.29, 0.717) is 11.1 Å². The van der Waals surface area contributed by atoms with Gasteiger partial charge in [-0.3, -0.25) is 4.79 Å². The van der Waals surface area contributed by atoms with Crippen LogP contribution in [0.1, 0.15) is 25.0 Å². The molecule has 0 spiro atoms. The van der Waals surface area contributed by atoms with Crippen LogP contribution in [0.4, 0.5) is 0 Å². The van der Waals surface area contributed by atoms with Crippen molar-refractivity contribution in [2.45, 2.75) is 25.6 Å². The quantitative estimate of drug-likeness (QED) is 0.805. The lowest BCUT2D eigenvalue weighted by atomic mass is 10.0. The third kappa shape index (κ3) is 3.13. The van der Waals surface area contributed by atoms with Gasteiger partial charge in [0.2, 0.25) is 0 Å². The van der Waals surface area contributed by atoms with Crippen LogP contribution in [0.15, 0.2) is 34.9 Å². The monoisotopic (exact) mass is 264 g/mol. The van der Waals surface area contributed by atoms with Gasteiger partial charge in [-0.2, -0.15) is 0 Å². The van der Waals surface area contributed by atoms with Crippen molar-refractivity contribution >= 4 is 16.9 Å². The smallest absolute Gasteiger partial charge is 0.308 e. The fourth-order valence-electron chi connectivity index (χ4n) is 1.89. The molecule has 2 atom stereocenters. The summed E-state index contributed by atoms with van der Waals surface area (Å²) in [5, 5.41) is 20.7. The van der Waals surface area contributed by atoms with E-state index in [4.69, 9.17) is 9.15 Å². The lowest BCUT2D eigenvalue weighted by Gasteiger charge is -2.17. The maximum Gasteiger partial charge on any atom is 0.308 e. The number of esters is 1. The maximum atomic E-state index is 11.3. The number of benzene rings is 1. The Kier molecular flexibility index (Phi) is 4.19. The molecule has 19 heavy (non-hydrogen) atoms. The molecule has 0 aliphatic heterocycles. The first-order chi connectivity index (χ1) is 9.11. The second-order valence-electron chi connectivity index (χ2n) is 4.24. The van der Waals surface area contributed by atoms with Crippen LogP contribution in [-0.4, -0.2) is 28.9 Å². The Bertz CT molecular complexity index is 560. The highest BCUT2D eigenvalue weighted by Crippen LogP contribution is 2.24. The minimum atomic E-state index is -1.19. The van der Waals surface area contributed by atoms with Crippen molar-refractivity contribution in [1.82, 2.24) is 0 Å². The van der Waals surface area contributed by atoms with Crippen LogP contribution in [0.3, 0.4) is 0 Å². The molecule has 1 aromatic carbocycles. The lowest BCUT2D eigenvalue weighted by Crippen LogP contribution is -2.23. The van der Waals surface area contributed by atoms with Gasteiger partial charge in [-0.15, -0.1) is 0 Å². The van der Waals surface area contributed by atoms with Crippen LogP contribution in [0, 0.1) is 0 Å². The minimum Gasteiger partial charge on any atom is -0.466 e. The standard InChI is InChI=1S/C14H16O5/c1-2-18-13(16)8-11(15)14(17)10-3-4-12-9(7-10)5-6-19-12/h3-7,11,14-15,17H,2,8H2,1H3. The zero-order chi connectivity index (χ0) is 13.8. The topological polar surface area (TPSA) is 79.9 Å². The molecule has 0 aliphatic carbocycles. The number of fused-ring (bicyclic) bond motifs is 1. The first-order valence-corrected chi connectivity index (χ1v) is 6.10. The van der Waals surface area contributed by atoms with Crippen LogP contribution in [0.25, 0.3) is 11.0 Å². The summed E-state index contributed by atoms with van der Waals surface area (Å²) in [6, 6.07) is 6.86. The number of aliphatic hydroxyl groups excluding tert-OH is 2. The highest BCUT2D eigenvalue weighted by atomic mass is 16.5. The summed E-state index contributed by atoms with van der Waals surface area (Å²) in [4.78, 5) is 11.3. The average Bonchev–Trinajstić information content (AvgIpc) is 2.85. The molecule has 0 radical (unpaired) electrons. The van der Waals surface area contributed by atoms with E-state index in [1.165, 1.54) is 0 Å². The molecule has 2 rings (SSSR count). The number of aliphatic hydroxyl groups is 2. The Hall–Kier alpha value is -1.85. The van der Waals surface area contributed by atoms with E-state index in [2.05, 4.69) is 0 Å². The largest absolute Gasteiger partial charge is 0.466 e. The van der Waals surface area contributed by atoms with Gasteiger partial charge in [-0.05, 0) is 30.7 Å². The fourth-order valence-corrected chi connectivity index (χ4v) is 1.89. The first-order valence-electron chi connectivity index (χ1n) is 6.10. The van der Waals surface area contributed by atoms with Crippen molar-refractivity contribution in [3.63, 3.8) is 0 Å². The molecule has 0 bridgehead atoms. The molecule has 0 saturated carbocycles. The number of hydrogen-bond donors (Lipinski definition) is 2. The minimum absolute atomic E-state index is 0.238. The summed E-state index contributed by atoms with van der Waals surface area (Å²) in [5.74, 6) is -0.529. The van der Waals surface area contributed by atoms with Crippen molar-refractivity contribution in [1.29, 1.82) is 0 Å². The third-order valence-electron chi connectivity index (χ3n) is 2.86. The summed E-state index contributed by atoms with van der Waals surface area (Å²) >= 11 is 0. The molecule has 2 N–H and O–H groups in total. The fraction of sp³-hybridized carbons (Fsp3) is 0.357. The molecule has 5 nitrogen and oxygen atoms in total. The van der Waals surface area contributed by atoms with E-state index in [1.807, 2.05) is 0 Å². The van der Waals surface area contributed by atoms with E-state index in [-0.39, 0.29) is 13.0 Å². The molecular formula is C14H16O5. The predicted octanol–water partition coefficient (Wildman–Crippen LogP) is 1.78. The normalized spacial score (nSPS) is 14.3. The van der Waals surface area contributed by atoms with E-state index in [9.17, 15) is 15.0 Å². The first kappa shape index (κ1) is 13.6. The van der Waals surface area contributed by atoms with Crippen molar-refractivity contribution in [3.8, 4) is 0 Å². The van der Waals surface area contributed by atoms with Crippen molar-refractivity contribution in [3.05, 3.63) is 36.1 Å².